The number of hydrogen-bond acceptors (Lipinski definition) is 6. The van der Waals surface area contributed by atoms with Crippen LogP contribution in [-0.2, 0) is 25.6 Å². The lowest BCUT2D eigenvalue weighted by molar-refractivity contribution is -0.227. The Morgan fingerprint density at radius 3 is 2.73 bits per heavy atom. The van der Waals surface area contributed by atoms with Crippen LogP contribution in [0.3, 0.4) is 0 Å². The van der Waals surface area contributed by atoms with Crippen molar-refractivity contribution in [1.29, 1.82) is 5.26 Å². The third kappa shape index (κ3) is 3.00. The third-order valence-corrected chi connectivity index (χ3v) is 3.76. The van der Waals surface area contributed by atoms with Crippen molar-refractivity contribution < 1.29 is 24.1 Å². The van der Waals surface area contributed by atoms with E-state index in [0.717, 1.165) is 5.56 Å². The quantitative estimate of drug-likeness (QED) is 0.845. The third-order valence-electron chi connectivity index (χ3n) is 3.76. The number of nitriles is 1. The van der Waals surface area contributed by atoms with Crippen LogP contribution in [0.2, 0.25) is 0 Å². The SMILES string of the molecule is CC1(C)O[C@@H]2O[C@@H]([C@@H](O)C#N)C(OCc3ccccc3)[C@@H]2O1. The van der Waals surface area contributed by atoms with Gasteiger partial charge in [-0.15, -0.1) is 0 Å². The summed E-state index contributed by atoms with van der Waals surface area (Å²) in [6.07, 6.45) is -3.75. The molecule has 5 atom stereocenters. The van der Waals surface area contributed by atoms with Crippen molar-refractivity contribution in [1.82, 2.24) is 0 Å². The highest BCUT2D eigenvalue weighted by Gasteiger charge is 2.57. The van der Waals surface area contributed by atoms with Gasteiger partial charge in [-0.3, -0.25) is 0 Å². The van der Waals surface area contributed by atoms with Gasteiger partial charge in [-0.2, -0.15) is 5.26 Å². The average molecular weight is 305 g/mol. The number of hydrogen-bond donors (Lipinski definition) is 1. The van der Waals surface area contributed by atoms with Crippen LogP contribution in [0.15, 0.2) is 30.3 Å². The number of fused-ring (bicyclic) bond motifs is 1. The molecule has 1 N–H and O–H groups in total. The summed E-state index contributed by atoms with van der Waals surface area (Å²) in [7, 11) is 0. The maximum Gasteiger partial charge on any atom is 0.190 e. The molecule has 6 nitrogen and oxygen atoms in total. The molecular weight excluding hydrogens is 286 g/mol. The van der Waals surface area contributed by atoms with Gasteiger partial charge >= 0.3 is 0 Å². The molecule has 0 saturated carbocycles. The number of benzene rings is 1. The predicted molar refractivity (Wildman–Crippen MR) is 75.3 cm³/mol. The fraction of sp³-hybridized carbons (Fsp3) is 0.562. The fourth-order valence-corrected chi connectivity index (χ4v) is 2.79. The van der Waals surface area contributed by atoms with E-state index in [1.165, 1.54) is 0 Å². The smallest absolute Gasteiger partial charge is 0.190 e. The molecule has 1 unspecified atom stereocenters. The molecule has 0 amide bonds. The molecule has 2 saturated heterocycles. The molecule has 0 aliphatic carbocycles. The molecule has 2 heterocycles. The van der Waals surface area contributed by atoms with Gasteiger partial charge in [0.25, 0.3) is 0 Å². The van der Waals surface area contributed by atoms with Crippen molar-refractivity contribution in [3.8, 4) is 6.07 Å². The van der Waals surface area contributed by atoms with E-state index in [1.54, 1.807) is 19.9 Å². The minimum Gasteiger partial charge on any atom is -0.375 e. The summed E-state index contributed by atoms with van der Waals surface area (Å²) in [6.45, 7) is 3.92. The van der Waals surface area contributed by atoms with Crippen molar-refractivity contribution in [3.63, 3.8) is 0 Å². The van der Waals surface area contributed by atoms with E-state index in [1.807, 2.05) is 30.3 Å². The minimum absolute atomic E-state index is 0.344. The van der Waals surface area contributed by atoms with E-state index < -0.39 is 36.5 Å². The monoisotopic (exact) mass is 305 g/mol. The van der Waals surface area contributed by atoms with E-state index in [-0.39, 0.29) is 0 Å². The highest BCUT2D eigenvalue weighted by Crippen LogP contribution is 2.39. The average Bonchev–Trinajstić information content (AvgIpc) is 2.97. The van der Waals surface area contributed by atoms with Gasteiger partial charge in [-0.25, -0.2) is 0 Å². The topological polar surface area (TPSA) is 80.9 Å². The van der Waals surface area contributed by atoms with Crippen LogP contribution in [-0.4, -0.2) is 41.6 Å². The molecule has 0 bridgehead atoms. The summed E-state index contributed by atoms with van der Waals surface area (Å²) in [5, 5.41) is 18.8. The lowest BCUT2D eigenvalue weighted by atomic mass is 10.1. The Labute approximate surface area is 129 Å². The molecule has 0 radical (unpaired) electrons. The van der Waals surface area contributed by atoms with Crippen LogP contribution < -0.4 is 0 Å². The summed E-state index contributed by atoms with van der Waals surface area (Å²) in [5.41, 5.74) is 0.995. The largest absolute Gasteiger partial charge is 0.375 e. The normalized spacial score (nSPS) is 34.1. The lowest BCUT2D eigenvalue weighted by Crippen LogP contribution is -2.42. The summed E-state index contributed by atoms with van der Waals surface area (Å²) >= 11 is 0. The van der Waals surface area contributed by atoms with Gasteiger partial charge < -0.3 is 24.1 Å². The van der Waals surface area contributed by atoms with E-state index in [0.29, 0.717) is 6.61 Å². The Morgan fingerprint density at radius 2 is 2.05 bits per heavy atom. The summed E-state index contributed by atoms with van der Waals surface area (Å²) in [5.74, 6) is -0.772. The van der Waals surface area contributed by atoms with Crippen molar-refractivity contribution >= 4 is 0 Å². The molecule has 1 aromatic carbocycles. The zero-order chi connectivity index (χ0) is 15.7. The Bertz CT molecular complexity index is 555. The van der Waals surface area contributed by atoms with Crippen LogP contribution in [0.1, 0.15) is 19.4 Å². The van der Waals surface area contributed by atoms with Crippen LogP contribution in [0, 0.1) is 11.3 Å². The highest BCUT2D eigenvalue weighted by atomic mass is 16.8. The van der Waals surface area contributed by atoms with Crippen molar-refractivity contribution in [2.45, 2.75) is 56.9 Å². The Kier molecular flexibility index (Phi) is 4.17. The highest BCUT2D eigenvalue weighted by molar-refractivity contribution is 5.14. The maximum absolute atomic E-state index is 9.83. The number of rotatable bonds is 4. The molecule has 2 fully saturated rings. The Hall–Kier alpha value is -1.49. The molecule has 0 spiro atoms. The van der Waals surface area contributed by atoms with E-state index in [4.69, 9.17) is 24.2 Å². The summed E-state index contributed by atoms with van der Waals surface area (Å²) in [4.78, 5) is 0. The van der Waals surface area contributed by atoms with Crippen molar-refractivity contribution in [3.05, 3.63) is 35.9 Å². The van der Waals surface area contributed by atoms with E-state index in [2.05, 4.69) is 0 Å². The first-order valence-corrected chi connectivity index (χ1v) is 7.24. The first-order valence-electron chi connectivity index (χ1n) is 7.24. The van der Waals surface area contributed by atoms with Gasteiger partial charge in [0.05, 0.1) is 12.7 Å². The van der Waals surface area contributed by atoms with Gasteiger partial charge in [0.1, 0.15) is 18.3 Å². The second-order valence-corrected chi connectivity index (χ2v) is 5.90. The molecule has 2 aliphatic rings. The number of aliphatic hydroxyl groups is 1. The predicted octanol–water partition coefficient (Wildman–Crippen LogP) is 1.33. The standard InChI is InChI=1S/C16H19NO5/c1-16(2)21-14-13(19-9-10-6-4-3-5-7-10)12(11(18)8-17)20-15(14)22-16/h3-7,11-15,18H,9H2,1-2H3/t11-,12-,13?,14-,15-/m0/s1. The zero-order valence-corrected chi connectivity index (χ0v) is 12.5. The molecule has 2 aliphatic heterocycles. The minimum atomic E-state index is -1.29. The van der Waals surface area contributed by atoms with Crippen LogP contribution in [0.5, 0.6) is 0 Å². The van der Waals surface area contributed by atoms with Gasteiger partial charge in [-0.1, -0.05) is 30.3 Å². The maximum atomic E-state index is 9.83. The van der Waals surface area contributed by atoms with E-state index >= 15 is 0 Å². The Morgan fingerprint density at radius 1 is 1.32 bits per heavy atom. The number of ether oxygens (including phenoxy) is 4. The zero-order valence-electron chi connectivity index (χ0n) is 12.5. The van der Waals surface area contributed by atoms with Crippen LogP contribution in [0.25, 0.3) is 0 Å². The van der Waals surface area contributed by atoms with Gasteiger partial charge in [0.15, 0.2) is 18.2 Å². The van der Waals surface area contributed by atoms with Crippen LogP contribution >= 0.6 is 0 Å². The molecular formula is C16H19NO5. The second-order valence-electron chi connectivity index (χ2n) is 5.90. The molecule has 118 valence electrons. The molecule has 6 heteroatoms. The van der Waals surface area contributed by atoms with Gasteiger partial charge in [0.2, 0.25) is 0 Å². The van der Waals surface area contributed by atoms with E-state index in [9.17, 15) is 5.11 Å². The summed E-state index contributed by atoms with van der Waals surface area (Å²) in [6, 6.07) is 11.4. The molecule has 3 rings (SSSR count). The lowest BCUT2D eigenvalue weighted by Gasteiger charge is -2.26. The van der Waals surface area contributed by atoms with Crippen molar-refractivity contribution in [2.75, 3.05) is 0 Å². The van der Waals surface area contributed by atoms with Crippen LogP contribution in [0.4, 0.5) is 0 Å². The molecule has 22 heavy (non-hydrogen) atoms. The van der Waals surface area contributed by atoms with Gasteiger partial charge in [-0.05, 0) is 19.4 Å². The molecule has 0 aromatic heterocycles. The van der Waals surface area contributed by atoms with Crippen molar-refractivity contribution in [2.24, 2.45) is 0 Å². The number of nitrogens with zero attached hydrogens (tertiary/aromatic N) is 1. The molecule has 1 aromatic rings. The second kappa shape index (κ2) is 5.95. The van der Waals surface area contributed by atoms with Gasteiger partial charge in [0, 0.05) is 0 Å². The fourth-order valence-electron chi connectivity index (χ4n) is 2.79. The summed E-state index contributed by atoms with van der Waals surface area (Å²) < 4.78 is 23.0. The Balaban J connectivity index is 1.73. The first kappa shape index (κ1) is 15.4. The first-order chi connectivity index (χ1) is 10.5. The number of aliphatic hydroxyl groups excluding tert-OH is 1.